The molecular formula is C18H24N2O6S. The van der Waals surface area contributed by atoms with E-state index in [-0.39, 0.29) is 12.3 Å². The van der Waals surface area contributed by atoms with E-state index >= 15 is 0 Å². The van der Waals surface area contributed by atoms with Crippen LogP contribution in [0.1, 0.15) is 18.1 Å². The van der Waals surface area contributed by atoms with Gasteiger partial charge in [-0.15, -0.1) is 11.8 Å². The number of carbonyl (C=O) groups excluding carboxylic acids is 3. The van der Waals surface area contributed by atoms with Crippen molar-refractivity contribution in [3.05, 3.63) is 23.3 Å². The van der Waals surface area contributed by atoms with E-state index in [9.17, 15) is 14.4 Å². The average molecular weight is 396 g/mol. The molecule has 27 heavy (non-hydrogen) atoms. The van der Waals surface area contributed by atoms with E-state index in [4.69, 9.17) is 14.2 Å². The number of nitrogens with zero attached hydrogens (tertiary/aromatic N) is 1. The van der Waals surface area contributed by atoms with Crippen LogP contribution in [0.4, 0.5) is 4.79 Å². The van der Waals surface area contributed by atoms with Gasteiger partial charge in [0.25, 0.3) is 5.91 Å². The first-order valence-electron chi connectivity index (χ1n) is 8.45. The van der Waals surface area contributed by atoms with Crippen molar-refractivity contribution in [3.63, 3.8) is 0 Å². The number of nitrogens with one attached hydrogen (secondary N) is 1. The second-order valence-corrected chi connectivity index (χ2v) is 6.97. The average Bonchev–Trinajstić information content (AvgIpc) is 3.07. The Kier molecular flexibility index (Phi) is 7.35. The van der Waals surface area contributed by atoms with Crippen molar-refractivity contribution in [2.24, 2.45) is 0 Å². The first-order chi connectivity index (χ1) is 12.9. The summed E-state index contributed by atoms with van der Waals surface area (Å²) in [6.07, 6.45) is -0.996. The quantitative estimate of drug-likeness (QED) is 0.669. The van der Waals surface area contributed by atoms with Crippen LogP contribution in [-0.4, -0.2) is 62.0 Å². The van der Waals surface area contributed by atoms with Crippen molar-refractivity contribution in [2.75, 3.05) is 33.1 Å². The smallest absolute Gasteiger partial charge is 0.324 e. The highest BCUT2D eigenvalue weighted by Crippen LogP contribution is 2.31. The van der Waals surface area contributed by atoms with E-state index in [0.717, 1.165) is 16.0 Å². The number of thioether (sulfide) groups is 1. The van der Waals surface area contributed by atoms with E-state index in [2.05, 4.69) is 5.32 Å². The number of aryl methyl sites for hydroxylation is 1. The lowest BCUT2D eigenvalue weighted by Gasteiger charge is -2.18. The standard InChI is InChI=1S/C18H24N2O6S/c1-11-7-14(24-3)15(25-4)8-13(11)9-27-10-16(21)26-12(2)17(22)20-6-5-19-18(20)23/h7-8,12H,5-6,9-10H2,1-4H3,(H,19,23)/t12-/m0/s1. The SMILES string of the molecule is COc1cc(C)c(CSCC(=O)O[C@@H](C)C(=O)N2CCNC2=O)cc1OC. The maximum absolute atomic E-state index is 12.1. The zero-order valence-electron chi connectivity index (χ0n) is 15.9. The summed E-state index contributed by atoms with van der Waals surface area (Å²) in [7, 11) is 3.15. The molecule has 1 N–H and O–H groups in total. The molecule has 2 rings (SSSR count). The second-order valence-electron chi connectivity index (χ2n) is 5.98. The summed E-state index contributed by atoms with van der Waals surface area (Å²) in [5.41, 5.74) is 2.04. The molecule has 0 bridgehead atoms. The molecule has 1 aromatic carbocycles. The molecule has 0 spiro atoms. The number of esters is 1. The van der Waals surface area contributed by atoms with Gasteiger partial charge in [-0.3, -0.25) is 14.5 Å². The van der Waals surface area contributed by atoms with Crippen molar-refractivity contribution >= 4 is 29.7 Å². The highest BCUT2D eigenvalue weighted by Gasteiger charge is 2.31. The van der Waals surface area contributed by atoms with Gasteiger partial charge in [-0.1, -0.05) is 0 Å². The van der Waals surface area contributed by atoms with Gasteiger partial charge in [0.1, 0.15) is 0 Å². The van der Waals surface area contributed by atoms with Crippen molar-refractivity contribution in [3.8, 4) is 11.5 Å². The van der Waals surface area contributed by atoms with Crippen LogP contribution in [0.25, 0.3) is 0 Å². The number of methoxy groups -OCH3 is 2. The van der Waals surface area contributed by atoms with Crippen LogP contribution in [0.5, 0.6) is 11.5 Å². The normalized spacial score (nSPS) is 14.5. The Bertz CT molecular complexity index is 724. The molecule has 8 nitrogen and oxygen atoms in total. The number of rotatable bonds is 8. The lowest BCUT2D eigenvalue weighted by Crippen LogP contribution is -2.42. The Morgan fingerprint density at radius 3 is 2.52 bits per heavy atom. The number of imide groups is 1. The highest BCUT2D eigenvalue weighted by atomic mass is 32.2. The molecule has 9 heteroatoms. The van der Waals surface area contributed by atoms with Crippen LogP contribution >= 0.6 is 11.8 Å². The van der Waals surface area contributed by atoms with Crippen LogP contribution in [0.2, 0.25) is 0 Å². The molecule has 0 aliphatic carbocycles. The lowest BCUT2D eigenvalue weighted by atomic mass is 10.1. The predicted octanol–water partition coefficient (Wildman–Crippen LogP) is 1.73. The van der Waals surface area contributed by atoms with Gasteiger partial charge >= 0.3 is 12.0 Å². The molecular weight excluding hydrogens is 372 g/mol. The van der Waals surface area contributed by atoms with Gasteiger partial charge in [0.15, 0.2) is 17.6 Å². The molecule has 1 heterocycles. The molecule has 1 atom stereocenters. The number of benzene rings is 1. The molecule has 0 aromatic heterocycles. The molecule has 148 valence electrons. The van der Waals surface area contributed by atoms with Crippen molar-refractivity contribution < 1.29 is 28.6 Å². The van der Waals surface area contributed by atoms with Gasteiger partial charge in [-0.2, -0.15) is 0 Å². The molecule has 0 radical (unpaired) electrons. The van der Waals surface area contributed by atoms with Crippen LogP contribution in [0.3, 0.4) is 0 Å². The number of hydrogen-bond acceptors (Lipinski definition) is 7. The summed E-state index contributed by atoms with van der Waals surface area (Å²) >= 11 is 1.37. The minimum absolute atomic E-state index is 0.0948. The Hall–Kier alpha value is -2.42. The van der Waals surface area contributed by atoms with Gasteiger partial charge in [-0.05, 0) is 37.1 Å². The lowest BCUT2D eigenvalue weighted by molar-refractivity contribution is -0.155. The molecule has 1 aliphatic heterocycles. The molecule has 1 aliphatic rings. The summed E-state index contributed by atoms with van der Waals surface area (Å²) in [6.45, 7) is 4.12. The third kappa shape index (κ3) is 5.29. The predicted molar refractivity (Wildman–Crippen MR) is 101 cm³/mol. The topological polar surface area (TPSA) is 94.2 Å². The fraction of sp³-hybridized carbons (Fsp3) is 0.500. The second kappa shape index (κ2) is 9.50. The monoisotopic (exact) mass is 396 g/mol. The third-order valence-corrected chi connectivity index (χ3v) is 5.05. The molecule has 0 unspecified atom stereocenters. The summed E-state index contributed by atoms with van der Waals surface area (Å²) in [6, 6.07) is 3.31. The van der Waals surface area contributed by atoms with Gasteiger partial charge in [0.2, 0.25) is 0 Å². The number of ether oxygens (including phenoxy) is 3. The van der Waals surface area contributed by atoms with E-state index in [0.29, 0.717) is 23.8 Å². The first kappa shape index (κ1) is 20.9. The highest BCUT2D eigenvalue weighted by molar-refractivity contribution is 7.99. The summed E-state index contributed by atoms with van der Waals surface area (Å²) < 4.78 is 15.7. The van der Waals surface area contributed by atoms with E-state index in [1.165, 1.54) is 18.7 Å². The fourth-order valence-electron chi connectivity index (χ4n) is 2.61. The van der Waals surface area contributed by atoms with E-state index < -0.39 is 24.0 Å². The van der Waals surface area contributed by atoms with Crippen LogP contribution in [-0.2, 0) is 20.1 Å². The molecule has 1 fully saturated rings. The van der Waals surface area contributed by atoms with Crippen LogP contribution in [0, 0.1) is 6.92 Å². The zero-order chi connectivity index (χ0) is 20.0. The zero-order valence-corrected chi connectivity index (χ0v) is 16.7. The molecule has 0 saturated carbocycles. The number of urea groups is 1. The Balaban J connectivity index is 1.84. The maximum Gasteiger partial charge on any atom is 0.324 e. The first-order valence-corrected chi connectivity index (χ1v) is 9.60. The largest absolute Gasteiger partial charge is 0.493 e. The molecule has 1 aromatic rings. The van der Waals surface area contributed by atoms with E-state index in [1.54, 1.807) is 14.2 Å². The van der Waals surface area contributed by atoms with Crippen molar-refractivity contribution in [2.45, 2.75) is 25.7 Å². The summed E-state index contributed by atoms with van der Waals surface area (Å²) in [5.74, 6) is 0.943. The van der Waals surface area contributed by atoms with E-state index in [1.807, 2.05) is 19.1 Å². The minimum Gasteiger partial charge on any atom is -0.493 e. The number of amides is 3. The number of hydrogen-bond donors (Lipinski definition) is 1. The summed E-state index contributed by atoms with van der Waals surface area (Å²) in [5, 5.41) is 2.54. The number of carbonyl (C=O) groups is 3. The van der Waals surface area contributed by atoms with Crippen LogP contribution < -0.4 is 14.8 Å². The molecule has 3 amide bonds. The van der Waals surface area contributed by atoms with Crippen molar-refractivity contribution in [1.82, 2.24) is 10.2 Å². The maximum atomic E-state index is 12.1. The third-order valence-electron chi connectivity index (χ3n) is 4.10. The minimum atomic E-state index is -0.996. The van der Waals surface area contributed by atoms with Gasteiger partial charge in [0.05, 0.1) is 20.0 Å². The van der Waals surface area contributed by atoms with Crippen molar-refractivity contribution in [1.29, 1.82) is 0 Å². The summed E-state index contributed by atoms with van der Waals surface area (Å²) in [4.78, 5) is 36.7. The van der Waals surface area contributed by atoms with Gasteiger partial charge < -0.3 is 19.5 Å². The Morgan fingerprint density at radius 2 is 1.93 bits per heavy atom. The van der Waals surface area contributed by atoms with Gasteiger partial charge in [0, 0.05) is 18.8 Å². The Morgan fingerprint density at radius 1 is 1.26 bits per heavy atom. The fourth-order valence-corrected chi connectivity index (χ4v) is 3.47. The van der Waals surface area contributed by atoms with Gasteiger partial charge in [-0.25, -0.2) is 4.79 Å². The van der Waals surface area contributed by atoms with Crippen LogP contribution in [0.15, 0.2) is 12.1 Å². The molecule has 1 saturated heterocycles. The Labute approximate surface area is 162 Å².